The van der Waals surface area contributed by atoms with Crippen molar-refractivity contribution >= 4 is 40.5 Å². The van der Waals surface area contributed by atoms with Gasteiger partial charge in [0, 0.05) is 0 Å². The molecule has 0 saturated heterocycles. The van der Waals surface area contributed by atoms with Crippen LogP contribution in [0.1, 0.15) is 13.8 Å². The van der Waals surface area contributed by atoms with Crippen LogP contribution in [0.3, 0.4) is 0 Å². The molecule has 0 fully saturated rings. The Labute approximate surface area is 135 Å². The first kappa shape index (κ1) is 21.3. The van der Waals surface area contributed by atoms with Crippen molar-refractivity contribution in [1.82, 2.24) is 0 Å². The van der Waals surface area contributed by atoms with Crippen molar-refractivity contribution in [3.8, 4) is 0 Å². The molecule has 2 aromatic rings. The van der Waals surface area contributed by atoms with E-state index in [9.17, 15) is 0 Å². The summed E-state index contributed by atoms with van der Waals surface area (Å²) in [4.78, 5) is 16.7. The molecule has 0 heterocycles. The first-order chi connectivity index (χ1) is 10.3. The van der Waals surface area contributed by atoms with Crippen LogP contribution in [0.2, 0.25) is 0 Å². The van der Waals surface area contributed by atoms with Crippen LogP contribution in [0.4, 0.5) is 0 Å². The molecule has 0 aliphatic rings. The predicted octanol–water partition coefficient (Wildman–Crippen LogP) is 2.17. The number of rotatable bonds is 2. The van der Waals surface area contributed by atoms with E-state index in [1.54, 1.807) is 0 Å². The Hall–Kier alpha value is -2.00. The summed E-state index contributed by atoms with van der Waals surface area (Å²) in [6, 6.07) is 21.6. The first-order valence-electron chi connectivity index (χ1n) is 6.23. The van der Waals surface area contributed by atoms with Crippen LogP contribution in [0.25, 0.3) is 0 Å². The zero-order valence-corrected chi connectivity index (χ0v) is 14.9. The van der Waals surface area contributed by atoms with Crippen molar-refractivity contribution in [3.05, 3.63) is 60.7 Å². The predicted molar refractivity (Wildman–Crippen MR) is 86.1 cm³/mol. The maximum atomic E-state index is 8.35. The summed E-state index contributed by atoms with van der Waals surface area (Å²) in [6.45, 7) is 4.00. The van der Waals surface area contributed by atoms with Crippen LogP contribution in [0.15, 0.2) is 60.7 Å². The molecule has 0 aliphatic heterocycles. The summed E-state index contributed by atoms with van der Waals surface area (Å²) in [7, 11) is 0. The number of carbonyl (C=O) groups excluding carboxylic acids is 2. The summed E-state index contributed by atoms with van der Waals surface area (Å²) >= 11 is -0.517. The molecule has 0 aromatic heterocycles. The summed E-state index contributed by atoms with van der Waals surface area (Å²) in [5.74, 6) is 0. The molecule has 2 radical (unpaired) electrons. The van der Waals surface area contributed by atoms with Crippen LogP contribution in [-0.4, -0.2) is 33.3 Å². The van der Waals surface area contributed by atoms with Crippen molar-refractivity contribution in [3.63, 3.8) is 0 Å². The van der Waals surface area contributed by atoms with E-state index in [-0.39, 0.29) is 0 Å². The minimum absolute atomic E-state index is 0.517. The first-order valence-corrected chi connectivity index (χ1v) is 9.08. The molecule has 0 saturated carbocycles. The van der Waals surface area contributed by atoms with Gasteiger partial charge in [-0.1, -0.05) is 13.8 Å². The van der Waals surface area contributed by atoms with Gasteiger partial charge in [-0.15, -0.1) is 0 Å². The second-order valence-corrected chi connectivity index (χ2v) is 7.07. The second kappa shape index (κ2) is 18.0. The Bertz CT molecular complexity index is 469. The van der Waals surface area contributed by atoms with Gasteiger partial charge in [0.1, 0.15) is 0 Å². The zero-order chi connectivity index (χ0) is 16.3. The van der Waals surface area contributed by atoms with E-state index in [0.717, 1.165) is 12.2 Å². The Morgan fingerprint density at radius 1 is 0.714 bits per heavy atom. The number of isocyanates is 2. The molecular weight excluding hydrogens is 371 g/mol. The zero-order valence-electron chi connectivity index (χ0n) is 12.1. The standard InChI is InChI=1S/2C6H5.C2H6.2CHNO.Sn/c2*1-2-4-6-5-3-1;1-2;2*2-1-3;/h2*1-5H;1-2H3;2*2H;. The van der Waals surface area contributed by atoms with E-state index in [1.165, 1.54) is 7.16 Å². The fourth-order valence-corrected chi connectivity index (χ4v) is 4.21. The normalized spacial score (nSPS) is 7.14. The Morgan fingerprint density at radius 3 is 1.19 bits per heavy atom. The molecule has 2 aromatic carbocycles. The quantitative estimate of drug-likeness (QED) is 0.469. The molecule has 2 N–H and O–H groups in total. The van der Waals surface area contributed by atoms with E-state index in [2.05, 4.69) is 60.7 Å². The average molecular weight is 389 g/mol. The van der Waals surface area contributed by atoms with Gasteiger partial charge in [0.05, 0.1) is 0 Å². The molecular formula is C16H18N2O2Sn. The molecule has 5 heteroatoms. The van der Waals surface area contributed by atoms with Gasteiger partial charge in [0.15, 0.2) is 0 Å². The average Bonchev–Trinajstić information content (AvgIpc) is 2.53. The SMILES string of the molecule is CC.N=C=O.N=C=O.c1cc[c]([Sn][c]2ccccc2)cc1. The van der Waals surface area contributed by atoms with E-state index >= 15 is 0 Å². The van der Waals surface area contributed by atoms with Crippen molar-refractivity contribution in [2.75, 3.05) is 0 Å². The van der Waals surface area contributed by atoms with E-state index in [4.69, 9.17) is 20.4 Å². The van der Waals surface area contributed by atoms with Gasteiger partial charge in [0.25, 0.3) is 0 Å². The minimum atomic E-state index is -0.517. The van der Waals surface area contributed by atoms with E-state index < -0.39 is 21.1 Å². The summed E-state index contributed by atoms with van der Waals surface area (Å²) in [6.07, 6.45) is 1.50. The van der Waals surface area contributed by atoms with Gasteiger partial charge in [-0.25, -0.2) is 20.4 Å². The molecule has 0 unspecified atom stereocenters. The van der Waals surface area contributed by atoms with E-state index in [1.807, 2.05) is 13.8 Å². The molecule has 108 valence electrons. The van der Waals surface area contributed by atoms with Gasteiger partial charge in [0.2, 0.25) is 12.2 Å². The van der Waals surface area contributed by atoms with Gasteiger partial charge in [-0.3, -0.25) is 0 Å². The molecule has 0 atom stereocenters. The number of hydrogen-bond acceptors (Lipinski definition) is 4. The third kappa shape index (κ3) is 14.2. The van der Waals surface area contributed by atoms with Crippen LogP contribution >= 0.6 is 0 Å². The van der Waals surface area contributed by atoms with Gasteiger partial charge >= 0.3 is 89.0 Å². The van der Waals surface area contributed by atoms with Crippen LogP contribution in [0.5, 0.6) is 0 Å². The third-order valence-electron chi connectivity index (χ3n) is 1.84. The van der Waals surface area contributed by atoms with Gasteiger partial charge < -0.3 is 0 Å². The summed E-state index contributed by atoms with van der Waals surface area (Å²) < 4.78 is 3.08. The van der Waals surface area contributed by atoms with Crippen molar-refractivity contribution in [2.45, 2.75) is 13.8 Å². The second-order valence-electron chi connectivity index (χ2n) is 3.06. The number of hydrogen-bond donors (Lipinski definition) is 2. The van der Waals surface area contributed by atoms with Crippen molar-refractivity contribution in [1.29, 1.82) is 10.8 Å². The maximum absolute atomic E-state index is 8.35. The van der Waals surface area contributed by atoms with Crippen LogP contribution in [-0.2, 0) is 9.59 Å². The molecule has 21 heavy (non-hydrogen) atoms. The van der Waals surface area contributed by atoms with E-state index in [0.29, 0.717) is 0 Å². The van der Waals surface area contributed by atoms with Crippen molar-refractivity contribution < 1.29 is 9.59 Å². The third-order valence-corrected chi connectivity index (χ3v) is 5.39. The number of nitrogens with one attached hydrogen (secondary N) is 2. The molecule has 0 spiro atoms. The van der Waals surface area contributed by atoms with Crippen LogP contribution in [0, 0.1) is 10.8 Å². The fraction of sp³-hybridized carbons (Fsp3) is 0.125. The Kier molecular flexibility index (Phi) is 18.3. The summed E-state index contributed by atoms with van der Waals surface area (Å²) in [5.41, 5.74) is 0. The fourth-order valence-electron chi connectivity index (χ4n) is 1.21. The molecule has 0 bridgehead atoms. The molecule has 2 rings (SSSR count). The molecule has 0 amide bonds. The van der Waals surface area contributed by atoms with Gasteiger partial charge in [-0.05, 0) is 0 Å². The molecule has 0 aliphatic carbocycles. The Morgan fingerprint density at radius 2 is 0.952 bits per heavy atom. The molecule has 4 nitrogen and oxygen atoms in total. The summed E-state index contributed by atoms with van der Waals surface area (Å²) in [5, 5.41) is 10.8. The Balaban J connectivity index is 0. The van der Waals surface area contributed by atoms with Crippen LogP contribution < -0.4 is 7.16 Å². The number of benzene rings is 2. The topological polar surface area (TPSA) is 81.8 Å². The van der Waals surface area contributed by atoms with Crippen molar-refractivity contribution in [2.24, 2.45) is 0 Å². The van der Waals surface area contributed by atoms with Gasteiger partial charge in [-0.2, -0.15) is 0 Å². The monoisotopic (exact) mass is 390 g/mol.